The first-order valence-electron chi connectivity index (χ1n) is 16.2. The van der Waals surface area contributed by atoms with Gasteiger partial charge in [0.05, 0.1) is 6.61 Å². The van der Waals surface area contributed by atoms with Crippen LogP contribution in [0.25, 0.3) is 0 Å². The van der Waals surface area contributed by atoms with Crippen LogP contribution in [0.3, 0.4) is 0 Å². The second-order valence-electron chi connectivity index (χ2n) is 12.8. The van der Waals surface area contributed by atoms with Crippen molar-refractivity contribution in [2.24, 2.45) is 11.3 Å². The second-order valence-corrected chi connectivity index (χ2v) is 12.8. The lowest BCUT2D eigenvalue weighted by Gasteiger charge is -2.34. The van der Waals surface area contributed by atoms with Gasteiger partial charge >= 0.3 is 0 Å². The maximum Gasteiger partial charge on any atom is 0.126 e. The first-order valence-corrected chi connectivity index (χ1v) is 16.2. The number of hydrogen-bond acceptors (Lipinski definition) is 1. The summed E-state index contributed by atoms with van der Waals surface area (Å²) in [6, 6.07) is 7.13. The molecule has 0 spiro atoms. The highest BCUT2D eigenvalue weighted by molar-refractivity contribution is 5.46. The molecule has 1 heteroatoms. The molecule has 2 rings (SSSR count). The summed E-state index contributed by atoms with van der Waals surface area (Å²) < 4.78 is 6.77. The van der Waals surface area contributed by atoms with Crippen molar-refractivity contribution in [3.63, 3.8) is 0 Å². The Kier molecular flexibility index (Phi) is 14.6. The van der Waals surface area contributed by atoms with Gasteiger partial charge in [-0.05, 0) is 54.4 Å². The van der Waals surface area contributed by atoms with Crippen molar-refractivity contribution < 1.29 is 4.74 Å². The Balaban J connectivity index is 2.35. The molecule has 0 saturated heterocycles. The summed E-state index contributed by atoms with van der Waals surface area (Å²) >= 11 is 0. The van der Waals surface area contributed by atoms with Crippen LogP contribution in [-0.2, 0) is 11.8 Å². The van der Waals surface area contributed by atoms with Crippen LogP contribution in [-0.4, -0.2) is 6.61 Å². The quantitative estimate of drug-likeness (QED) is 0.307. The van der Waals surface area contributed by atoms with Gasteiger partial charge in [-0.1, -0.05) is 150 Å². The summed E-state index contributed by atoms with van der Waals surface area (Å²) in [4.78, 5) is 0. The van der Waals surface area contributed by atoms with Crippen LogP contribution in [0.4, 0.5) is 0 Å². The van der Waals surface area contributed by atoms with Gasteiger partial charge in [-0.3, -0.25) is 0 Å². The zero-order valence-electron chi connectivity index (χ0n) is 25.4. The number of ether oxygens (including phenoxy) is 1. The molecule has 1 aliphatic carbocycles. The topological polar surface area (TPSA) is 9.23 Å². The first-order chi connectivity index (χ1) is 17.4. The lowest BCUT2D eigenvalue weighted by atomic mass is 9.72. The number of para-hydroxylation sites is 1. The fourth-order valence-electron chi connectivity index (χ4n) is 6.45. The second kappa shape index (κ2) is 16.8. The van der Waals surface area contributed by atoms with Crippen molar-refractivity contribution in [2.75, 3.05) is 6.61 Å². The molecule has 1 nitrogen and oxygen atoms in total. The van der Waals surface area contributed by atoms with Crippen LogP contribution >= 0.6 is 0 Å². The highest BCUT2D eigenvalue weighted by Gasteiger charge is 2.31. The summed E-state index contributed by atoms with van der Waals surface area (Å²) in [6.07, 6.45) is 25.3. The van der Waals surface area contributed by atoms with E-state index in [2.05, 4.69) is 59.7 Å². The van der Waals surface area contributed by atoms with E-state index in [1.165, 1.54) is 132 Å². The molecule has 36 heavy (non-hydrogen) atoms. The molecule has 3 atom stereocenters. The number of fused-ring (bicyclic) bond motifs is 2. The number of hydrogen-bond donors (Lipinski definition) is 0. The molecule has 3 unspecified atom stereocenters. The molecule has 0 radical (unpaired) electrons. The maximum atomic E-state index is 6.77. The van der Waals surface area contributed by atoms with Crippen molar-refractivity contribution in [3.8, 4) is 5.75 Å². The molecule has 0 aromatic heterocycles. The van der Waals surface area contributed by atoms with Gasteiger partial charge in [0.2, 0.25) is 0 Å². The van der Waals surface area contributed by atoms with E-state index in [0.717, 1.165) is 18.9 Å². The summed E-state index contributed by atoms with van der Waals surface area (Å²) in [5.41, 5.74) is 3.52. The van der Waals surface area contributed by atoms with Crippen molar-refractivity contribution in [2.45, 2.75) is 169 Å². The monoisotopic (exact) mass is 498 g/mol. The van der Waals surface area contributed by atoms with Crippen LogP contribution in [0, 0.1) is 11.3 Å². The number of unbranched alkanes of at least 4 members (excludes halogenated alkanes) is 3. The third kappa shape index (κ3) is 10.1. The van der Waals surface area contributed by atoms with Gasteiger partial charge in [0, 0.05) is 5.56 Å². The third-order valence-electron chi connectivity index (χ3n) is 9.80. The molecule has 0 N–H and O–H groups in total. The van der Waals surface area contributed by atoms with Gasteiger partial charge in [-0.2, -0.15) is 0 Å². The summed E-state index contributed by atoms with van der Waals surface area (Å²) in [5, 5.41) is 0. The Labute approximate surface area is 226 Å². The minimum Gasteiger partial charge on any atom is -0.493 e. The molecule has 1 aromatic carbocycles. The Hall–Kier alpha value is -0.980. The van der Waals surface area contributed by atoms with Gasteiger partial charge < -0.3 is 4.74 Å². The predicted octanol–water partition coefficient (Wildman–Crippen LogP) is 11.6. The summed E-state index contributed by atoms with van der Waals surface area (Å²) in [7, 11) is 0. The minimum absolute atomic E-state index is 0.206. The van der Waals surface area contributed by atoms with E-state index in [9.17, 15) is 0 Å². The average Bonchev–Trinajstić information content (AvgIpc) is 2.89. The van der Waals surface area contributed by atoms with E-state index in [4.69, 9.17) is 4.74 Å². The van der Waals surface area contributed by atoms with Crippen molar-refractivity contribution in [1.29, 1.82) is 0 Å². The maximum absolute atomic E-state index is 6.77. The fourth-order valence-corrected chi connectivity index (χ4v) is 6.45. The lowest BCUT2D eigenvalue weighted by Crippen LogP contribution is -2.24. The minimum atomic E-state index is 0.206. The number of rotatable bonds is 9. The Bertz CT molecular complexity index is 709. The molecule has 1 aromatic rings. The molecule has 0 fully saturated rings. The van der Waals surface area contributed by atoms with Gasteiger partial charge in [0.25, 0.3) is 0 Å². The highest BCUT2D eigenvalue weighted by atomic mass is 16.5. The first kappa shape index (κ1) is 31.2. The van der Waals surface area contributed by atoms with Crippen LogP contribution in [0.15, 0.2) is 18.2 Å². The normalized spacial score (nSPS) is 27.2. The predicted molar refractivity (Wildman–Crippen MR) is 160 cm³/mol. The Morgan fingerprint density at radius 2 is 1.50 bits per heavy atom. The van der Waals surface area contributed by atoms with Crippen molar-refractivity contribution >= 4 is 0 Å². The Morgan fingerprint density at radius 3 is 2.19 bits per heavy atom. The smallest absolute Gasteiger partial charge is 0.126 e. The van der Waals surface area contributed by atoms with Crippen LogP contribution in [0.5, 0.6) is 5.75 Å². The van der Waals surface area contributed by atoms with E-state index in [1.807, 2.05) is 0 Å². The third-order valence-corrected chi connectivity index (χ3v) is 9.80. The lowest BCUT2D eigenvalue weighted by molar-refractivity contribution is 0.246. The van der Waals surface area contributed by atoms with E-state index in [0.29, 0.717) is 5.41 Å². The molecule has 2 bridgehead atoms. The van der Waals surface area contributed by atoms with Crippen LogP contribution in [0.1, 0.15) is 168 Å². The van der Waals surface area contributed by atoms with Crippen LogP contribution in [0.2, 0.25) is 0 Å². The molecule has 0 aliphatic heterocycles. The van der Waals surface area contributed by atoms with E-state index < -0.39 is 0 Å². The molecule has 1 aliphatic rings. The molecule has 0 heterocycles. The molecule has 208 valence electrons. The Morgan fingerprint density at radius 1 is 0.778 bits per heavy atom. The van der Waals surface area contributed by atoms with E-state index in [-0.39, 0.29) is 5.41 Å². The zero-order valence-corrected chi connectivity index (χ0v) is 25.4. The average molecular weight is 499 g/mol. The fraction of sp³-hybridized carbons (Fsp3) is 0.829. The van der Waals surface area contributed by atoms with Crippen LogP contribution < -0.4 is 4.74 Å². The molecule has 0 amide bonds. The number of benzene rings is 1. The standard InChI is InChI=1S/C35H62O/c1-7-11-12-19-28-36-33-31-24-20-25-32(33)35(6,10-4)27-18-16-14-13-15-17-22-30(8-2)23-21-26-34(5,9-3)29-31/h20,24-25,30H,7-19,21-23,26-29H2,1-6H3. The summed E-state index contributed by atoms with van der Waals surface area (Å²) in [5.74, 6) is 2.19. The highest BCUT2D eigenvalue weighted by Crippen LogP contribution is 2.43. The van der Waals surface area contributed by atoms with Gasteiger partial charge in [-0.25, -0.2) is 0 Å². The molecular formula is C35H62O. The zero-order chi connectivity index (χ0) is 26.3. The molecule has 0 saturated carbocycles. The molecular weight excluding hydrogens is 436 g/mol. The summed E-state index contributed by atoms with van der Waals surface area (Å²) in [6.45, 7) is 15.4. The van der Waals surface area contributed by atoms with E-state index in [1.54, 1.807) is 0 Å². The van der Waals surface area contributed by atoms with Crippen molar-refractivity contribution in [3.05, 3.63) is 29.3 Å². The van der Waals surface area contributed by atoms with Crippen molar-refractivity contribution in [1.82, 2.24) is 0 Å². The van der Waals surface area contributed by atoms with Gasteiger partial charge in [-0.15, -0.1) is 0 Å². The van der Waals surface area contributed by atoms with E-state index >= 15 is 0 Å². The SMILES string of the molecule is CCCCCCOc1c2cccc1C(C)(CC)CCCCCCCCC(CC)CCCC(C)(CC)C2. The largest absolute Gasteiger partial charge is 0.493 e. The van der Waals surface area contributed by atoms with Gasteiger partial charge in [0.1, 0.15) is 5.75 Å². The van der Waals surface area contributed by atoms with Gasteiger partial charge in [0.15, 0.2) is 0 Å².